The largest absolute Gasteiger partial charge is 0.390 e. The summed E-state index contributed by atoms with van der Waals surface area (Å²) >= 11 is 0. The monoisotopic (exact) mass is 234 g/mol. The van der Waals surface area contributed by atoms with Crippen molar-refractivity contribution in [3.63, 3.8) is 0 Å². The van der Waals surface area contributed by atoms with E-state index in [1.165, 1.54) is 0 Å². The number of aromatic nitrogens is 1. The second kappa shape index (κ2) is 5.39. The zero-order valence-electron chi connectivity index (χ0n) is 9.30. The fraction of sp³-hybridized carbons (Fsp3) is 0.636. The van der Waals surface area contributed by atoms with Crippen LogP contribution in [0.4, 0.5) is 13.2 Å². The topological polar surface area (TPSA) is 30.9 Å². The van der Waals surface area contributed by atoms with Crippen LogP contribution in [0.3, 0.4) is 0 Å². The van der Waals surface area contributed by atoms with Gasteiger partial charge >= 0.3 is 6.18 Å². The molecule has 1 unspecified atom stereocenters. The van der Waals surface area contributed by atoms with E-state index in [1.54, 1.807) is 16.8 Å². The Bertz CT molecular complexity index is 317. The van der Waals surface area contributed by atoms with E-state index in [0.717, 1.165) is 12.1 Å². The summed E-state index contributed by atoms with van der Waals surface area (Å²) in [6, 6.07) is 3.60. The Kier molecular flexibility index (Phi) is 4.41. The van der Waals surface area contributed by atoms with Crippen LogP contribution in [0.25, 0.3) is 0 Å². The van der Waals surface area contributed by atoms with Gasteiger partial charge in [-0.3, -0.25) is 0 Å². The lowest BCUT2D eigenvalue weighted by molar-refractivity contribution is -0.136. The van der Waals surface area contributed by atoms with E-state index in [9.17, 15) is 13.2 Å². The van der Waals surface area contributed by atoms with Crippen molar-refractivity contribution in [2.24, 2.45) is 5.73 Å². The van der Waals surface area contributed by atoms with Crippen molar-refractivity contribution in [3.05, 3.63) is 24.0 Å². The average Bonchev–Trinajstić information content (AvgIpc) is 2.61. The van der Waals surface area contributed by atoms with Crippen molar-refractivity contribution in [1.82, 2.24) is 4.57 Å². The number of aryl methyl sites for hydroxylation is 1. The van der Waals surface area contributed by atoms with Crippen LogP contribution < -0.4 is 5.73 Å². The summed E-state index contributed by atoms with van der Waals surface area (Å²) in [5.41, 5.74) is 6.65. The molecule has 1 aromatic heterocycles. The highest BCUT2D eigenvalue weighted by Gasteiger charge is 2.26. The van der Waals surface area contributed by atoms with Crippen LogP contribution in [0, 0.1) is 0 Å². The predicted molar refractivity (Wildman–Crippen MR) is 57.1 cm³/mol. The van der Waals surface area contributed by atoms with Crippen LogP contribution >= 0.6 is 0 Å². The number of hydrogen-bond acceptors (Lipinski definition) is 1. The molecule has 2 N–H and O–H groups in total. The van der Waals surface area contributed by atoms with Crippen LogP contribution in [-0.2, 0) is 13.0 Å². The summed E-state index contributed by atoms with van der Waals surface area (Å²) in [5.74, 6) is 0. The molecular formula is C11H17F3N2. The first-order valence-corrected chi connectivity index (χ1v) is 5.38. The second-order valence-electron chi connectivity index (χ2n) is 3.93. The van der Waals surface area contributed by atoms with E-state index in [4.69, 9.17) is 5.73 Å². The highest BCUT2D eigenvalue weighted by atomic mass is 19.4. The minimum atomic E-state index is -4.10. The van der Waals surface area contributed by atoms with E-state index >= 15 is 0 Å². The number of rotatable bonds is 5. The van der Waals surface area contributed by atoms with Gasteiger partial charge in [0.2, 0.25) is 0 Å². The second-order valence-corrected chi connectivity index (χ2v) is 3.93. The number of hydrogen-bond donors (Lipinski definition) is 1. The summed E-state index contributed by atoms with van der Waals surface area (Å²) in [7, 11) is 0. The Labute approximate surface area is 93.2 Å². The summed E-state index contributed by atoms with van der Waals surface area (Å²) < 4.78 is 37.8. The summed E-state index contributed by atoms with van der Waals surface area (Å²) in [6.07, 6.45) is -1.78. The Morgan fingerprint density at radius 2 is 2.12 bits per heavy atom. The maximum atomic E-state index is 12.1. The lowest BCUT2D eigenvalue weighted by Crippen LogP contribution is -2.23. The molecule has 1 atom stereocenters. The fourth-order valence-electron chi connectivity index (χ4n) is 1.51. The third-order valence-electron chi connectivity index (χ3n) is 2.56. The van der Waals surface area contributed by atoms with Crippen molar-refractivity contribution < 1.29 is 13.2 Å². The number of halogens is 3. The molecule has 0 saturated carbocycles. The van der Waals surface area contributed by atoms with Gasteiger partial charge in [0.1, 0.15) is 0 Å². The van der Waals surface area contributed by atoms with Gasteiger partial charge in [0.15, 0.2) is 0 Å². The molecule has 0 fully saturated rings. The van der Waals surface area contributed by atoms with Gasteiger partial charge in [0.25, 0.3) is 0 Å². The van der Waals surface area contributed by atoms with Crippen molar-refractivity contribution in [3.8, 4) is 0 Å². The molecule has 1 heterocycles. The van der Waals surface area contributed by atoms with Crippen molar-refractivity contribution in [2.45, 2.75) is 44.9 Å². The van der Waals surface area contributed by atoms with Crippen LogP contribution in [0.2, 0.25) is 0 Å². The molecule has 0 aliphatic heterocycles. The Hall–Kier alpha value is -0.970. The first kappa shape index (κ1) is 13.1. The average molecular weight is 234 g/mol. The molecule has 0 saturated heterocycles. The van der Waals surface area contributed by atoms with Gasteiger partial charge in [-0.25, -0.2) is 0 Å². The summed E-state index contributed by atoms with van der Waals surface area (Å²) in [5, 5.41) is 0. The molecule has 5 heteroatoms. The fourth-order valence-corrected chi connectivity index (χ4v) is 1.51. The normalized spacial score (nSPS) is 14.1. The van der Waals surface area contributed by atoms with Gasteiger partial charge in [0, 0.05) is 30.9 Å². The molecular weight excluding hydrogens is 217 g/mol. The molecule has 0 radical (unpaired) electrons. The van der Waals surface area contributed by atoms with Gasteiger partial charge in [-0.15, -0.1) is 0 Å². The van der Waals surface area contributed by atoms with Gasteiger partial charge in [-0.2, -0.15) is 13.2 Å². The standard InChI is InChI=1S/C11H17F3N2/c1-2-9(15)8-10-4-3-6-16(10)7-5-11(12,13)14/h3-4,6,9H,2,5,7-8,15H2,1H3. The van der Waals surface area contributed by atoms with Gasteiger partial charge in [-0.05, 0) is 18.6 Å². The minimum absolute atomic E-state index is 0.0135. The molecule has 92 valence electrons. The van der Waals surface area contributed by atoms with Crippen molar-refractivity contribution in [1.29, 1.82) is 0 Å². The lowest BCUT2D eigenvalue weighted by atomic mass is 10.1. The predicted octanol–water partition coefficient (Wildman–Crippen LogP) is 2.72. The quantitative estimate of drug-likeness (QED) is 0.834. The third-order valence-corrected chi connectivity index (χ3v) is 2.56. The zero-order chi connectivity index (χ0) is 12.2. The maximum absolute atomic E-state index is 12.1. The molecule has 0 bridgehead atoms. The molecule has 0 spiro atoms. The molecule has 1 aromatic rings. The molecule has 0 aromatic carbocycles. The number of nitrogens with two attached hydrogens (primary N) is 1. The van der Waals surface area contributed by atoms with E-state index in [2.05, 4.69) is 0 Å². The van der Waals surface area contributed by atoms with E-state index in [0.29, 0.717) is 6.42 Å². The van der Waals surface area contributed by atoms with E-state index in [-0.39, 0.29) is 12.6 Å². The van der Waals surface area contributed by atoms with Gasteiger partial charge in [-0.1, -0.05) is 6.92 Å². The Balaban J connectivity index is 2.57. The van der Waals surface area contributed by atoms with E-state index in [1.807, 2.05) is 13.0 Å². The third kappa shape index (κ3) is 4.26. The Morgan fingerprint density at radius 1 is 1.44 bits per heavy atom. The van der Waals surface area contributed by atoms with Crippen LogP contribution in [0.1, 0.15) is 25.5 Å². The van der Waals surface area contributed by atoms with Crippen molar-refractivity contribution >= 4 is 0 Å². The van der Waals surface area contributed by atoms with Crippen LogP contribution in [-0.4, -0.2) is 16.8 Å². The SMILES string of the molecule is CCC(N)Cc1cccn1CCC(F)(F)F. The zero-order valence-corrected chi connectivity index (χ0v) is 9.30. The van der Waals surface area contributed by atoms with Gasteiger partial charge in [0.05, 0.1) is 6.42 Å². The smallest absolute Gasteiger partial charge is 0.351 e. The van der Waals surface area contributed by atoms with E-state index < -0.39 is 12.6 Å². The molecule has 1 rings (SSSR count). The highest BCUT2D eigenvalue weighted by molar-refractivity contribution is 5.08. The highest BCUT2D eigenvalue weighted by Crippen LogP contribution is 2.21. The van der Waals surface area contributed by atoms with Crippen LogP contribution in [0.5, 0.6) is 0 Å². The maximum Gasteiger partial charge on any atom is 0.390 e. The molecule has 0 aliphatic rings. The number of alkyl halides is 3. The lowest BCUT2D eigenvalue weighted by Gasteiger charge is -2.13. The van der Waals surface area contributed by atoms with Gasteiger partial charge < -0.3 is 10.3 Å². The van der Waals surface area contributed by atoms with Crippen molar-refractivity contribution in [2.75, 3.05) is 0 Å². The molecule has 2 nitrogen and oxygen atoms in total. The Morgan fingerprint density at radius 3 is 2.69 bits per heavy atom. The number of nitrogens with zero attached hydrogens (tertiary/aromatic N) is 1. The minimum Gasteiger partial charge on any atom is -0.351 e. The first-order chi connectivity index (χ1) is 7.42. The summed E-state index contributed by atoms with van der Waals surface area (Å²) in [6.45, 7) is 1.94. The molecule has 0 aliphatic carbocycles. The first-order valence-electron chi connectivity index (χ1n) is 5.38. The summed E-state index contributed by atoms with van der Waals surface area (Å²) in [4.78, 5) is 0. The molecule has 0 amide bonds. The molecule has 16 heavy (non-hydrogen) atoms. The van der Waals surface area contributed by atoms with Crippen LogP contribution in [0.15, 0.2) is 18.3 Å².